The van der Waals surface area contributed by atoms with Crippen LogP contribution in [0.1, 0.15) is 18.4 Å². The summed E-state index contributed by atoms with van der Waals surface area (Å²) in [5.74, 6) is 0.0751. The van der Waals surface area contributed by atoms with Gasteiger partial charge in [0.2, 0.25) is 5.91 Å². The van der Waals surface area contributed by atoms with Crippen LogP contribution in [0.25, 0.3) is 0 Å². The summed E-state index contributed by atoms with van der Waals surface area (Å²) in [6.07, 6.45) is 4.93. The number of ether oxygens (including phenoxy) is 1. The fraction of sp³-hybridized carbons (Fsp3) is 0.588. The Kier molecular flexibility index (Phi) is 4.71. The Labute approximate surface area is 142 Å². The number of piperidine rings is 1. The van der Waals surface area contributed by atoms with Crippen LogP contribution in [0.15, 0.2) is 24.5 Å². The third-order valence-corrected chi connectivity index (χ3v) is 4.61. The number of hydrogen-bond donors (Lipinski definition) is 0. The van der Waals surface area contributed by atoms with Gasteiger partial charge >= 0.3 is 6.09 Å². The summed E-state index contributed by atoms with van der Waals surface area (Å²) in [5.41, 5.74) is 0.552. The molecule has 24 heavy (non-hydrogen) atoms. The van der Waals surface area contributed by atoms with Crippen molar-refractivity contribution in [1.82, 2.24) is 19.7 Å². The molecule has 1 atom stereocenters. The van der Waals surface area contributed by atoms with E-state index in [0.29, 0.717) is 26.2 Å². The smallest absolute Gasteiger partial charge is 0.410 e. The first kappa shape index (κ1) is 16.7. The molecule has 2 fully saturated rings. The fourth-order valence-electron chi connectivity index (χ4n) is 3.51. The van der Waals surface area contributed by atoms with Gasteiger partial charge in [0, 0.05) is 32.5 Å². The molecule has 1 aromatic rings. The summed E-state index contributed by atoms with van der Waals surface area (Å²) in [7, 11) is 3.66. The average Bonchev–Trinajstić information content (AvgIpc) is 2.81. The Morgan fingerprint density at radius 1 is 1.46 bits per heavy atom. The molecule has 1 spiro atoms. The predicted octanol–water partition coefficient (Wildman–Crippen LogP) is 0.957. The van der Waals surface area contributed by atoms with Gasteiger partial charge in [-0.2, -0.15) is 0 Å². The molecule has 0 unspecified atom stereocenters. The van der Waals surface area contributed by atoms with E-state index in [9.17, 15) is 9.59 Å². The van der Waals surface area contributed by atoms with Crippen LogP contribution >= 0.6 is 0 Å². The van der Waals surface area contributed by atoms with Crippen molar-refractivity contribution in [3.05, 3.63) is 30.1 Å². The second-order valence-electron chi connectivity index (χ2n) is 6.86. The molecule has 3 rings (SSSR count). The number of likely N-dealkylation sites (tertiary alicyclic amines) is 1. The van der Waals surface area contributed by atoms with Crippen molar-refractivity contribution >= 4 is 12.0 Å². The molecule has 7 nitrogen and oxygen atoms in total. The average molecular weight is 332 g/mol. The minimum Gasteiger partial charge on any atom is -0.439 e. The van der Waals surface area contributed by atoms with Gasteiger partial charge < -0.3 is 14.5 Å². The molecule has 0 radical (unpaired) electrons. The Morgan fingerprint density at radius 3 is 2.96 bits per heavy atom. The lowest BCUT2D eigenvalue weighted by Gasteiger charge is -2.38. The lowest BCUT2D eigenvalue weighted by atomic mass is 9.92. The van der Waals surface area contributed by atoms with Gasteiger partial charge in [0.1, 0.15) is 5.60 Å². The van der Waals surface area contributed by atoms with E-state index in [2.05, 4.69) is 4.98 Å². The molecule has 7 heteroatoms. The Morgan fingerprint density at radius 2 is 2.29 bits per heavy atom. The summed E-state index contributed by atoms with van der Waals surface area (Å²) in [6.45, 7) is 2.79. The van der Waals surface area contributed by atoms with Gasteiger partial charge in [0.25, 0.3) is 0 Å². The van der Waals surface area contributed by atoms with Crippen LogP contribution in [0, 0.1) is 0 Å². The predicted molar refractivity (Wildman–Crippen MR) is 88.2 cm³/mol. The lowest BCUT2D eigenvalue weighted by molar-refractivity contribution is -0.137. The van der Waals surface area contributed by atoms with E-state index in [4.69, 9.17) is 4.74 Å². The SMILES string of the molecule is CN(CC(=O)N1CCC[C@]2(CN(C)C(=O)O2)C1)Cc1cccnc1. The van der Waals surface area contributed by atoms with Crippen LogP contribution in [-0.2, 0) is 16.1 Å². The first-order chi connectivity index (χ1) is 11.5. The van der Waals surface area contributed by atoms with Gasteiger partial charge in [-0.3, -0.25) is 14.7 Å². The molecule has 2 amide bonds. The molecule has 0 bridgehead atoms. The molecule has 0 N–H and O–H groups in total. The van der Waals surface area contributed by atoms with Crippen molar-refractivity contribution in [2.75, 3.05) is 40.3 Å². The van der Waals surface area contributed by atoms with Crippen molar-refractivity contribution in [3.8, 4) is 0 Å². The highest BCUT2D eigenvalue weighted by Crippen LogP contribution is 2.31. The molecule has 130 valence electrons. The first-order valence-electron chi connectivity index (χ1n) is 8.27. The number of aromatic nitrogens is 1. The normalized spacial score (nSPS) is 23.9. The largest absolute Gasteiger partial charge is 0.439 e. The van der Waals surface area contributed by atoms with Gasteiger partial charge in [-0.15, -0.1) is 0 Å². The molecular formula is C17H24N4O3. The van der Waals surface area contributed by atoms with Crippen LogP contribution < -0.4 is 0 Å². The third kappa shape index (κ3) is 3.67. The maximum absolute atomic E-state index is 12.6. The van der Waals surface area contributed by atoms with Crippen LogP contribution in [-0.4, -0.2) is 77.6 Å². The zero-order valence-electron chi connectivity index (χ0n) is 14.3. The number of hydrogen-bond acceptors (Lipinski definition) is 5. The van der Waals surface area contributed by atoms with E-state index in [1.54, 1.807) is 18.1 Å². The van der Waals surface area contributed by atoms with E-state index in [0.717, 1.165) is 24.9 Å². The number of carbonyl (C=O) groups excluding carboxylic acids is 2. The van der Waals surface area contributed by atoms with Crippen molar-refractivity contribution in [2.45, 2.75) is 25.0 Å². The van der Waals surface area contributed by atoms with E-state index >= 15 is 0 Å². The van der Waals surface area contributed by atoms with Gasteiger partial charge in [-0.05, 0) is 31.5 Å². The minimum absolute atomic E-state index is 0.0751. The standard InChI is InChI=1S/C17H24N4O3/c1-19(10-14-5-3-7-18-9-14)11-15(22)21-8-4-6-17(13-21)12-20(2)16(23)24-17/h3,5,7,9H,4,6,8,10-13H2,1-2H3/t17-/m0/s1. The van der Waals surface area contributed by atoms with Crippen LogP contribution in [0.3, 0.4) is 0 Å². The number of nitrogens with zero attached hydrogens (tertiary/aromatic N) is 4. The number of pyridine rings is 1. The van der Waals surface area contributed by atoms with E-state index in [-0.39, 0.29) is 12.0 Å². The number of likely N-dealkylation sites (N-methyl/N-ethyl adjacent to an activating group) is 2. The second-order valence-corrected chi connectivity index (χ2v) is 6.86. The maximum Gasteiger partial charge on any atom is 0.410 e. The molecule has 0 aromatic carbocycles. The number of rotatable bonds is 4. The van der Waals surface area contributed by atoms with Crippen molar-refractivity contribution in [1.29, 1.82) is 0 Å². The van der Waals surface area contributed by atoms with Crippen LogP contribution in [0.5, 0.6) is 0 Å². The van der Waals surface area contributed by atoms with Crippen molar-refractivity contribution in [3.63, 3.8) is 0 Å². The quantitative estimate of drug-likeness (QED) is 0.821. The molecule has 0 saturated carbocycles. The monoisotopic (exact) mass is 332 g/mol. The minimum atomic E-state index is -0.526. The van der Waals surface area contributed by atoms with Crippen LogP contribution in [0.4, 0.5) is 4.79 Å². The Hall–Kier alpha value is -2.15. The highest BCUT2D eigenvalue weighted by atomic mass is 16.6. The first-order valence-corrected chi connectivity index (χ1v) is 8.27. The summed E-state index contributed by atoms with van der Waals surface area (Å²) < 4.78 is 5.55. The maximum atomic E-state index is 12.6. The van der Waals surface area contributed by atoms with Gasteiger partial charge in [-0.1, -0.05) is 6.07 Å². The van der Waals surface area contributed by atoms with E-state index in [1.165, 1.54) is 0 Å². The summed E-state index contributed by atoms with van der Waals surface area (Å²) in [6, 6.07) is 3.89. The number of amides is 2. The molecule has 2 aliphatic heterocycles. The Balaban J connectivity index is 1.56. The second kappa shape index (κ2) is 6.76. The topological polar surface area (TPSA) is 66.0 Å². The molecule has 2 aliphatic rings. The highest BCUT2D eigenvalue weighted by molar-refractivity contribution is 5.79. The van der Waals surface area contributed by atoms with E-state index < -0.39 is 5.60 Å². The summed E-state index contributed by atoms with van der Waals surface area (Å²) in [4.78, 5) is 33.8. The molecule has 0 aliphatic carbocycles. The van der Waals surface area contributed by atoms with Gasteiger partial charge in [-0.25, -0.2) is 4.79 Å². The molecule has 1 aromatic heterocycles. The van der Waals surface area contributed by atoms with Crippen molar-refractivity contribution in [2.24, 2.45) is 0 Å². The van der Waals surface area contributed by atoms with Crippen molar-refractivity contribution < 1.29 is 14.3 Å². The summed E-state index contributed by atoms with van der Waals surface area (Å²) >= 11 is 0. The van der Waals surface area contributed by atoms with Gasteiger partial charge in [0.05, 0.1) is 19.6 Å². The molecule has 3 heterocycles. The lowest BCUT2D eigenvalue weighted by Crippen LogP contribution is -2.54. The summed E-state index contributed by atoms with van der Waals surface area (Å²) in [5, 5.41) is 0. The van der Waals surface area contributed by atoms with Crippen LogP contribution in [0.2, 0.25) is 0 Å². The Bertz CT molecular complexity index is 609. The van der Waals surface area contributed by atoms with E-state index in [1.807, 2.05) is 35.2 Å². The zero-order chi connectivity index (χ0) is 17.2. The highest BCUT2D eigenvalue weighted by Gasteiger charge is 2.47. The third-order valence-electron chi connectivity index (χ3n) is 4.61. The number of carbonyl (C=O) groups is 2. The zero-order valence-corrected chi connectivity index (χ0v) is 14.3. The molecule has 2 saturated heterocycles. The fourth-order valence-corrected chi connectivity index (χ4v) is 3.51. The molecular weight excluding hydrogens is 308 g/mol. The van der Waals surface area contributed by atoms with Gasteiger partial charge in [0.15, 0.2) is 0 Å².